The molecular formula is CH4NOSi. The highest BCUT2D eigenvalue weighted by Crippen LogP contribution is 1.45. The van der Waals surface area contributed by atoms with Gasteiger partial charge in [-0.25, -0.2) is 0 Å². The quantitative estimate of drug-likeness (QED) is 0.300. The van der Waals surface area contributed by atoms with Crippen molar-refractivity contribution in [3.8, 4) is 0 Å². The highest BCUT2D eigenvalue weighted by atomic mass is 28.1. The Morgan fingerprint density at radius 2 is 2.25 bits per heavy atom. The number of nitrogens with zero attached hydrogens (tertiary/aromatic N) is 1. The largest absolute Gasteiger partial charge is 0.151 e. The van der Waals surface area contributed by atoms with E-state index in [9.17, 15) is 0 Å². The van der Waals surface area contributed by atoms with Crippen LogP contribution in [0, 0.1) is 4.91 Å². The third-order valence-corrected chi connectivity index (χ3v) is 0.274. The van der Waals surface area contributed by atoms with Crippen LogP contribution in [-0.2, 0) is 0 Å². The molecule has 0 amide bonds. The van der Waals surface area contributed by atoms with E-state index >= 15 is 0 Å². The third kappa shape index (κ3) is 1.82. The van der Waals surface area contributed by atoms with Gasteiger partial charge < -0.3 is 0 Å². The number of hydrogen-bond acceptors (Lipinski definition) is 2. The number of hydrogen-bond donors (Lipinski definition) is 0. The summed E-state index contributed by atoms with van der Waals surface area (Å²) in [6, 6.07) is 0. The van der Waals surface area contributed by atoms with Gasteiger partial charge in [0.15, 0.2) is 0 Å². The van der Waals surface area contributed by atoms with E-state index in [-0.39, 0.29) is 0 Å². The van der Waals surface area contributed by atoms with Crippen LogP contribution in [0.1, 0.15) is 0 Å². The normalized spacial score (nSPS) is 6.25. The van der Waals surface area contributed by atoms with Gasteiger partial charge in [-0.05, 0) is 0 Å². The van der Waals surface area contributed by atoms with Gasteiger partial charge in [0, 0.05) is 10.2 Å². The second kappa shape index (κ2) is 2.82. The summed E-state index contributed by atoms with van der Waals surface area (Å²) in [5.74, 6) is 0. The molecule has 0 rings (SSSR count). The maximum absolute atomic E-state index is 8.93. The molecule has 0 aliphatic carbocycles. The van der Waals surface area contributed by atoms with E-state index in [1.807, 2.05) is 0 Å². The van der Waals surface area contributed by atoms with Crippen LogP contribution in [0.2, 0.25) is 0 Å². The molecule has 23 valence electrons. The molecule has 0 N–H and O–H groups in total. The fourth-order valence-electron chi connectivity index (χ4n) is 0. The first-order valence-electron chi connectivity index (χ1n) is 0.999. The minimum atomic E-state index is 0.417. The van der Waals surface area contributed by atoms with Crippen LogP contribution in [0.25, 0.3) is 0 Å². The van der Waals surface area contributed by atoms with Gasteiger partial charge >= 0.3 is 0 Å². The molecule has 0 aromatic rings. The molecule has 0 fully saturated rings. The molecule has 0 spiro atoms. The van der Waals surface area contributed by atoms with Crippen LogP contribution in [0.3, 0.4) is 0 Å². The zero-order valence-corrected chi connectivity index (χ0v) is 3.68. The highest BCUT2D eigenvalue weighted by Gasteiger charge is 1.52. The van der Waals surface area contributed by atoms with Gasteiger partial charge in [0.2, 0.25) is 0 Å². The van der Waals surface area contributed by atoms with Crippen LogP contribution >= 0.6 is 0 Å². The maximum Gasteiger partial charge on any atom is 0.0634 e. The van der Waals surface area contributed by atoms with E-state index in [1.165, 1.54) is 0 Å². The molecule has 0 unspecified atom stereocenters. The molecule has 0 aliphatic heterocycles. The average Bonchev–Trinajstić information content (AvgIpc) is 1.37. The lowest BCUT2D eigenvalue weighted by atomic mass is 11.5. The van der Waals surface area contributed by atoms with Crippen molar-refractivity contribution in [1.82, 2.24) is 0 Å². The summed E-state index contributed by atoms with van der Waals surface area (Å²) >= 11 is 0. The average molecular weight is 74.1 g/mol. The lowest BCUT2D eigenvalue weighted by Crippen LogP contribution is -1.65. The summed E-state index contributed by atoms with van der Waals surface area (Å²) in [6.07, 6.45) is 0.417. The topological polar surface area (TPSA) is 29.4 Å². The molecular weight excluding hydrogens is 70.1 g/mol. The van der Waals surface area contributed by atoms with E-state index in [2.05, 4.69) is 5.18 Å². The smallest absolute Gasteiger partial charge is 0.0634 e. The predicted octanol–water partition coefficient (Wildman–Crippen LogP) is -0.657. The number of nitroso groups, excluding NO2 is 1. The summed E-state index contributed by atoms with van der Waals surface area (Å²) in [6.45, 7) is 0. The Labute approximate surface area is 27.6 Å². The van der Waals surface area contributed by atoms with E-state index in [0.717, 1.165) is 0 Å². The van der Waals surface area contributed by atoms with Crippen LogP contribution in [0.15, 0.2) is 5.18 Å². The lowest BCUT2D eigenvalue weighted by Gasteiger charge is -1.51. The molecule has 0 heterocycles. The zero-order valence-electron chi connectivity index (χ0n) is 2.27. The Kier molecular flexibility index (Phi) is 2.69. The molecule has 0 aromatic heterocycles. The Bertz CT molecular complexity index is 22.0. The summed E-state index contributed by atoms with van der Waals surface area (Å²) in [4.78, 5) is 8.93. The monoisotopic (exact) mass is 74.0 g/mol. The molecule has 0 saturated carbocycles. The Morgan fingerprint density at radius 3 is 2.25 bits per heavy atom. The maximum atomic E-state index is 8.93. The first-order chi connectivity index (χ1) is 1.91. The predicted molar refractivity (Wildman–Crippen MR) is 19.2 cm³/mol. The van der Waals surface area contributed by atoms with Crippen molar-refractivity contribution in [2.75, 3.05) is 6.17 Å². The van der Waals surface area contributed by atoms with Crippen molar-refractivity contribution >= 4 is 10.2 Å². The van der Waals surface area contributed by atoms with Crippen molar-refractivity contribution < 1.29 is 0 Å². The van der Waals surface area contributed by atoms with Crippen LogP contribution < -0.4 is 0 Å². The second-order valence-corrected chi connectivity index (χ2v) is 0.800. The van der Waals surface area contributed by atoms with Crippen LogP contribution in [-0.4, -0.2) is 16.4 Å². The van der Waals surface area contributed by atoms with Crippen molar-refractivity contribution in [2.24, 2.45) is 5.18 Å². The lowest BCUT2D eigenvalue weighted by molar-refractivity contribution is 1.34. The zero-order chi connectivity index (χ0) is 3.41. The Balaban J connectivity index is 2.30. The second-order valence-electron chi connectivity index (χ2n) is 0.353. The molecule has 4 heavy (non-hydrogen) atoms. The Morgan fingerprint density at radius 1 is 2.00 bits per heavy atom. The Hall–Kier alpha value is -0.183. The highest BCUT2D eigenvalue weighted by molar-refractivity contribution is 6.08. The summed E-state index contributed by atoms with van der Waals surface area (Å²) in [5.41, 5.74) is 0. The molecule has 3 heteroatoms. The summed E-state index contributed by atoms with van der Waals surface area (Å²) in [7, 11) is 1.54. The molecule has 1 radical (unpaired) electrons. The van der Waals surface area contributed by atoms with Crippen molar-refractivity contribution in [2.45, 2.75) is 0 Å². The molecule has 2 nitrogen and oxygen atoms in total. The van der Waals surface area contributed by atoms with E-state index in [0.29, 0.717) is 6.17 Å². The van der Waals surface area contributed by atoms with Gasteiger partial charge in [-0.15, -0.1) is 0 Å². The van der Waals surface area contributed by atoms with Crippen molar-refractivity contribution in [1.29, 1.82) is 0 Å². The van der Waals surface area contributed by atoms with Gasteiger partial charge in [-0.1, -0.05) is 5.18 Å². The van der Waals surface area contributed by atoms with Crippen molar-refractivity contribution in [3.05, 3.63) is 4.91 Å². The molecule has 0 saturated heterocycles. The molecule has 0 atom stereocenters. The number of rotatable bonds is 1. The fraction of sp³-hybridized carbons (Fsp3) is 1.00. The SMILES string of the molecule is O=NC[SiH2]. The van der Waals surface area contributed by atoms with Crippen LogP contribution in [0.4, 0.5) is 0 Å². The first kappa shape index (κ1) is 3.82. The molecule has 0 aliphatic rings. The van der Waals surface area contributed by atoms with E-state index in [1.54, 1.807) is 10.2 Å². The van der Waals surface area contributed by atoms with E-state index in [4.69, 9.17) is 4.91 Å². The van der Waals surface area contributed by atoms with Crippen molar-refractivity contribution in [3.63, 3.8) is 0 Å². The molecule has 0 aromatic carbocycles. The summed E-state index contributed by atoms with van der Waals surface area (Å²) < 4.78 is 0. The summed E-state index contributed by atoms with van der Waals surface area (Å²) in [5, 5.41) is 2.50. The fourth-order valence-corrected chi connectivity index (χ4v) is 0. The minimum Gasteiger partial charge on any atom is -0.151 e. The van der Waals surface area contributed by atoms with Gasteiger partial charge in [0.05, 0.1) is 6.17 Å². The third-order valence-electron chi connectivity index (χ3n) is 0.0913. The molecule has 0 bridgehead atoms. The van der Waals surface area contributed by atoms with Gasteiger partial charge in [0.25, 0.3) is 0 Å². The van der Waals surface area contributed by atoms with E-state index < -0.39 is 0 Å². The van der Waals surface area contributed by atoms with Gasteiger partial charge in [0.1, 0.15) is 0 Å². The standard InChI is InChI=1S/CH4NOSi/c3-2-1-4/h1,4H2. The van der Waals surface area contributed by atoms with Gasteiger partial charge in [-0.3, -0.25) is 0 Å². The van der Waals surface area contributed by atoms with Gasteiger partial charge in [-0.2, -0.15) is 4.91 Å². The first-order valence-corrected chi connectivity index (χ1v) is 2.00. The van der Waals surface area contributed by atoms with Crippen LogP contribution in [0.5, 0.6) is 0 Å². The minimum absolute atomic E-state index is 0.417.